The molecule has 6 heteroatoms. The second kappa shape index (κ2) is 69.6. The topological polar surface area (TPSA) is 78.9 Å². The Balaban J connectivity index is 4.28. The van der Waals surface area contributed by atoms with Crippen molar-refractivity contribution in [3.63, 3.8) is 0 Å². The third-order valence-electron chi connectivity index (χ3n) is 15.0. The maximum absolute atomic E-state index is 12.9. The molecule has 0 amide bonds. The molecule has 0 aromatic heterocycles. The van der Waals surface area contributed by atoms with Crippen molar-refractivity contribution in [2.45, 2.75) is 341 Å². The van der Waals surface area contributed by atoms with Gasteiger partial charge in [-0.3, -0.25) is 14.4 Å². The van der Waals surface area contributed by atoms with Crippen molar-refractivity contribution in [2.75, 3.05) is 13.2 Å². The van der Waals surface area contributed by atoms with Gasteiger partial charge < -0.3 is 14.2 Å². The van der Waals surface area contributed by atoms with Crippen LogP contribution >= 0.6 is 0 Å². The van der Waals surface area contributed by atoms with Crippen LogP contribution in [0.2, 0.25) is 0 Å². The summed E-state index contributed by atoms with van der Waals surface area (Å²) in [6.07, 6.45) is 95.4. The van der Waals surface area contributed by atoms with Crippen LogP contribution in [0.3, 0.4) is 0 Å². The lowest BCUT2D eigenvalue weighted by Crippen LogP contribution is -2.30. The van der Waals surface area contributed by atoms with E-state index in [1.807, 2.05) is 0 Å². The molecule has 0 radical (unpaired) electrons. The molecule has 82 heavy (non-hydrogen) atoms. The fourth-order valence-electron chi connectivity index (χ4n) is 9.75. The summed E-state index contributed by atoms with van der Waals surface area (Å²) in [5.74, 6) is -0.888. The molecule has 0 aromatic carbocycles. The minimum atomic E-state index is -0.788. The monoisotopic (exact) mass is 1140 g/mol. The lowest BCUT2D eigenvalue weighted by atomic mass is 10.0. The zero-order chi connectivity index (χ0) is 59.2. The molecule has 1 atom stereocenters. The van der Waals surface area contributed by atoms with E-state index in [2.05, 4.69) is 130 Å². The Hall–Kier alpha value is -3.93. The Morgan fingerprint density at radius 2 is 0.488 bits per heavy atom. The van der Waals surface area contributed by atoms with Gasteiger partial charge in [0.1, 0.15) is 13.2 Å². The van der Waals surface area contributed by atoms with Gasteiger partial charge in [0.2, 0.25) is 0 Å². The summed E-state index contributed by atoms with van der Waals surface area (Å²) < 4.78 is 17.0. The van der Waals surface area contributed by atoms with Crippen LogP contribution in [-0.2, 0) is 28.6 Å². The highest BCUT2D eigenvalue weighted by molar-refractivity contribution is 5.71. The molecule has 6 nitrogen and oxygen atoms in total. The van der Waals surface area contributed by atoms with Gasteiger partial charge in [0.15, 0.2) is 6.10 Å². The van der Waals surface area contributed by atoms with Gasteiger partial charge >= 0.3 is 17.9 Å². The Morgan fingerprint density at radius 3 is 0.793 bits per heavy atom. The molecule has 0 saturated carbocycles. The number of esters is 3. The maximum Gasteiger partial charge on any atom is 0.306 e. The van der Waals surface area contributed by atoms with E-state index in [-0.39, 0.29) is 31.1 Å². The molecular formula is C76H130O6. The molecule has 0 saturated heterocycles. The Morgan fingerprint density at radius 1 is 0.256 bits per heavy atom. The second-order valence-corrected chi connectivity index (χ2v) is 23.1. The van der Waals surface area contributed by atoms with Crippen LogP contribution in [0, 0.1) is 0 Å². The summed E-state index contributed by atoms with van der Waals surface area (Å²) in [7, 11) is 0. The average Bonchev–Trinajstić information content (AvgIpc) is 3.47. The molecular weight excluding hydrogens is 1010 g/mol. The van der Waals surface area contributed by atoms with E-state index < -0.39 is 6.10 Å². The molecule has 0 aliphatic carbocycles. The molecule has 0 spiro atoms. The number of allylic oxidation sites excluding steroid dienone is 18. The minimum Gasteiger partial charge on any atom is -0.462 e. The Kier molecular flexibility index (Phi) is 66.2. The Bertz CT molecular complexity index is 1640. The zero-order valence-electron chi connectivity index (χ0n) is 54.0. The van der Waals surface area contributed by atoms with Gasteiger partial charge in [-0.05, 0) is 122 Å². The first-order valence-corrected chi connectivity index (χ1v) is 34.9. The molecule has 1 unspecified atom stereocenters. The van der Waals surface area contributed by atoms with Gasteiger partial charge in [0.05, 0.1) is 0 Å². The van der Waals surface area contributed by atoms with Crippen molar-refractivity contribution in [3.8, 4) is 0 Å². The normalized spacial score (nSPS) is 12.8. The van der Waals surface area contributed by atoms with E-state index >= 15 is 0 Å². The highest BCUT2D eigenvalue weighted by atomic mass is 16.6. The number of hydrogen-bond donors (Lipinski definition) is 0. The van der Waals surface area contributed by atoms with Crippen LogP contribution < -0.4 is 0 Å². The van der Waals surface area contributed by atoms with E-state index in [4.69, 9.17) is 14.2 Å². The van der Waals surface area contributed by atoms with Gasteiger partial charge in [-0.1, -0.05) is 304 Å². The number of rotatable bonds is 63. The third-order valence-corrected chi connectivity index (χ3v) is 15.0. The van der Waals surface area contributed by atoms with Crippen LogP contribution in [0.25, 0.3) is 0 Å². The summed E-state index contributed by atoms with van der Waals surface area (Å²) in [6, 6.07) is 0. The third kappa shape index (κ3) is 66.9. The summed E-state index contributed by atoms with van der Waals surface area (Å²) in [4.78, 5) is 38.4. The van der Waals surface area contributed by atoms with Crippen LogP contribution in [0.5, 0.6) is 0 Å². The quantitative estimate of drug-likeness (QED) is 0.0261. The number of carbonyl (C=O) groups excluding carboxylic acids is 3. The van der Waals surface area contributed by atoms with Crippen LogP contribution in [0.4, 0.5) is 0 Å². The number of ether oxygens (including phenoxy) is 3. The van der Waals surface area contributed by atoms with Crippen molar-refractivity contribution >= 4 is 17.9 Å². The Labute approximate surface area is 508 Å². The predicted molar refractivity (Wildman–Crippen MR) is 357 cm³/mol. The van der Waals surface area contributed by atoms with Crippen LogP contribution in [0.15, 0.2) is 109 Å². The fourth-order valence-corrected chi connectivity index (χ4v) is 9.75. The van der Waals surface area contributed by atoms with E-state index in [9.17, 15) is 14.4 Å². The van der Waals surface area contributed by atoms with Gasteiger partial charge in [-0.2, -0.15) is 0 Å². The first kappa shape index (κ1) is 78.1. The van der Waals surface area contributed by atoms with E-state index in [1.54, 1.807) is 0 Å². The second-order valence-electron chi connectivity index (χ2n) is 23.1. The smallest absolute Gasteiger partial charge is 0.306 e. The summed E-state index contributed by atoms with van der Waals surface area (Å²) in [5.41, 5.74) is 0. The van der Waals surface area contributed by atoms with Crippen molar-refractivity contribution in [2.24, 2.45) is 0 Å². The number of unbranched alkanes of at least 4 members (excludes halogenated alkanes) is 34. The van der Waals surface area contributed by atoms with E-state index in [1.165, 1.54) is 180 Å². The highest BCUT2D eigenvalue weighted by Crippen LogP contribution is 2.17. The largest absolute Gasteiger partial charge is 0.462 e. The van der Waals surface area contributed by atoms with Gasteiger partial charge in [-0.15, -0.1) is 0 Å². The number of hydrogen-bond acceptors (Lipinski definition) is 6. The van der Waals surface area contributed by atoms with E-state index in [0.29, 0.717) is 19.3 Å². The molecule has 0 N–H and O–H groups in total. The van der Waals surface area contributed by atoms with Gasteiger partial charge in [0.25, 0.3) is 0 Å². The first-order valence-electron chi connectivity index (χ1n) is 34.9. The summed E-state index contributed by atoms with van der Waals surface area (Å²) in [6.45, 7) is 6.50. The predicted octanol–water partition coefficient (Wildman–Crippen LogP) is 24.2. The summed E-state index contributed by atoms with van der Waals surface area (Å²) >= 11 is 0. The molecule has 0 aliphatic rings. The van der Waals surface area contributed by atoms with Crippen molar-refractivity contribution < 1.29 is 28.6 Å². The molecule has 0 bridgehead atoms. The maximum atomic E-state index is 12.9. The van der Waals surface area contributed by atoms with Crippen LogP contribution in [0.1, 0.15) is 335 Å². The molecule has 0 rings (SSSR count). The lowest BCUT2D eigenvalue weighted by molar-refractivity contribution is -0.167. The van der Waals surface area contributed by atoms with Crippen molar-refractivity contribution in [3.05, 3.63) is 109 Å². The lowest BCUT2D eigenvalue weighted by Gasteiger charge is -2.18. The van der Waals surface area contributed by atoms with Crippen molar-refractivity contribution in [1.82, 2.24) is 0 Å². The van der Waals surface area contributed by atoms with Gasteiger partial charge in [-0.25, -0.2) is 0 Å². The standard InChI is InChI=1S/C76H130O6/c1-4-7-10-13-16-19-22-25-28-30-32-33-34-35-36-37-38-39-40-41-42-43-45-46-48-51-54-57-60-63-66-69-75(78)81-72-73(71-80-74(77)68-65-62-59-56-53-50-27-24-21-18-15-12-9-6-3)82-76(79)70-67-64-61-58-55-52-49-47-44-31-29-26-23-20-17-14-11-8-5-2/h7,10,15-16,18-19,24-29,32-33,35-36,38-39,73H,4-6,8-9,11-14,17,20-23,30-31,34,37,40-72H2,1-3H3/b10-7-,18-15-,19-16-,27-24-,28-25-,29-26-,33-32-,36-35-,39-38-. The van der Waals surface area contributed by atoms with E-state index in [0.717, 1.165) is 116 Å². The zero-order valence-corrected chi connectivity index (χ0v) is 54.0. The highest BCUT2D eigenvalue weighted by Gasteiger charge is 2.19. The summed E-state index contributed by atoms with van der Waals surface area (Å²) in [5, 5.41) is 0. The number of carbonyl (C=O) groups is 3. The fraction of sp³-hybridized carbons (Fsp3) is 0.724. The van der Waals surface area contributed by atoms with Crippen molar-refractivity contribution in [1.29, 1.82) is 0 Å². The molecule has 0 aromatic rings. The molecule has 0 fully saturated rings. The molecule has 0 aliphatic heterocycles. The average molecular weight is 1140 g/mol. The molecule has 0 heterocycles. The minimum absolute atomic E-state index is 0.0829. The van der Waals surface area contributed by atoms with Crippen LogP contribution in [-0.4, -0.2) is 37.2 Å². The first-order chi connectivity index (χ1) is 40.5. The molecule has 470 valence electrons. The van der Waals surface area contributed by atoms with Gasteiger partial charge in [0, 0.05) is 19.3 Å². The SMILES string of the molecule is CC/C=C\C/C=C\C/C=C\C/C=C\C/C=C\C/C=C\CCCCCCCCCCCCCCC(=O)OCC(COC(=O)CCCCCCC/C=C\C/C=C\CCCC)OC(=O)CCCCCCCCCCC/C=C\CCCCCCCC.